The molecule has 0 aliphatic heterocycles. The summed E-state index contributed by atoms with van der Waals surface area (Å²) in [5.41, 5.74) is 2.46. The zero-order chi connectivity index (χ0) is 10.7. The van der Waals surface area contributed by atoms with Gasteiger partial charge >= 0.3 is 0 Å². The van der Waals surface area contributed by atoms with Gasteiger partial charge in [-0.25, -0.2) is 4.98 Å². The lowest BCUT2D eigenvalue weighted by atomic mass is 10.1. The Kier molecular flexibility index (Phi) is 15.4. The van der Waals surface area contributed by atoms with Crippen LogP contribution in [0.5, 0.6) is 0 Å². The van der Waals surface area contributed by atoms with Crippen LogP contribution in [0.15, 0.2) is 30.9 Å². The molecule has 0 unspecified atom stereocenters. The second kappa shape index (κ2) is 12.0. The molecule has 0 bridgehead atoms. The highest BCUT2D eigenvalue weighted by Gasteiger charge is 2.06. The van der Waals surface area contributed by atoms with Gasteiger partial charge in [0.05, 0.1) is 15.2 Å². The molecule has 0 aliphatic carbocycles. The van der Waals surface area contributed by atoms with Gasteiger partial charge in [0.25, 0.3) is 0 Å². The van der Waals surface area contributed by atoms with Gasteiger partial charge < -0.3 is 0 Å². The Morgan fingerprint density at radius 3 is 2.47 bits per heavy atom. The first-order valence-electron chi connectivity index (χ1n) is 5.33. The predicted octanol–water partition coefficient (Wildman–Crippen LogP) is 4.43. The van der Waals surface area contributed by atoms with E-state index < -0.39 is 0 Å². The van der Waals surface area contributed by atoms with Crippen LogP contribution in [0.3, 0.4) is 0 Å². The predicted molar refractivity (Wildman–Crippen MR) is 109 cm³/mol. The van der Waals surface area contributed by atoms with Gasteiger partial charge in [-0.3, -0.25) is 0 Å². The van der Waals surface area contributed by atoms with Gasteiger partial charge in [-0.2, -0.15) is 54.0 Å². The smallest absolute Gasteiger partial charge is 0.0938 e. The third-order valence-corrected chi connectivity index (χ3v) is 3.46. The summed E-state index contributed by atoms with van der Waals surface area (Å²) >= 11 is 1.82. The topological polar surface area (TPSA) is 12.9 Å². The maximum Gasteiger partial charge on any atom is 0.0938 e. The molecule has 1 heterocycles. The molecular formula is C13H23NS5. The second-order valence-electron chi connectivity index (χ2n) is 3.61. The fraction of sp³-hybridized carbons (Fsp3) is 0.308. The third-order valence-electron chi connectivity index (χ3n) is 2.37. The van der Waals surface area contributed by atoms with Crippen molar-refractivity contribution in [2.75, 3.05) is 0 Å². The van der Waals surface area contributed by atoms with E-state index in [9.17, 15) is 0 Å². The van der Waals surface area contributed by atoms with Gasteiger partial charge in [0.1, 0.15) is 0 Å². The Bertz CT molecular complexity index is 481. The fourth-order valence-corrected chi connectivity index (χ4v) is 2.81. The highest BCUT2D eigenvalue weighted by atomic mass is 32.1. The number of aryl methyl sites for hydroxylation is 1. The number of nitrogens with zero attached hydrogens (tertiary/aromatic N) is 1. The van der Waals surface area contributed by atoms with Gasteiger partial charge in [-0.05, 0) is 30.9 Å². The van der Waals surface area contributed by atoms with Crippen molar-refractivity contribution in [3.63, 3.8) is 0 Å². The maximum atomic E-state index is 4.69. The van der Waals surface area contributed by atoms with E-state index in [-0.39, 0.29) is 54.0 Å². The molecule has 0 radical (unpaired) electrons. The van der Waals surface area contributed by atoms with E-state index in [1.165, 1.54) is 20.8 Å². The standard InChI is InChI=1S/C13H15NS.4H2S/c1-3-6-10-8-5-9-11-13(10)14-12(15-11)7-4-2;;;;/h3,5,8-9H,1,4,6-7H2,2H3;4*1H2. The zero-order valence-electron chi connectivity index (χ0n) is 11.0. The molecule has 0 aliphatic rings. The van der Waals surface area contributed by atoms with Gasteiger partial charge in [0, 0.05) is 0 Å². The van der Waals surface area contributed by atoms with Crippen molar-refractivity contribution in [1.29, 1.82) is 0 Å². The SMILES string of the molecule is C=CCc1cccc2sc(CCC)nc12.S.S.S.S. The molecule has 1 aromatic heterocycles. The molecule has 19 heavy (non-hydrogen) atoms. The molecular weight excluding hydrogens is 330 g/mol. The number of hydrogen-bond acceptors (Lipinski definition) is 2. The van der Waals surface area contributed by atoms with Gasteiger partial charge in [-0.1, -0.05) is 25.1 Å². The zero-order valence-corrected chi connectivity index (χ0v) is 15.8. The summed E-state index contributed by atoms with van der Waals surface area (Å²) in [5.74, 6) is 0. The quantitative estimate of drug-likeness (QED) is 0.741. The third kappa shape index (κ3) is 6.04. The number of thiazole rings is 1. The lowest BCUT2D eigenvalue weighted by molar-refractivity contribution is 0.912. The first-order valence-corrected chi connectivity index (χ1v) is 6.15. The average molecular weight is 354 g/mol. The first-order chi connectivity index (χ1) is 7.35. The summed E-state index contributed by atoms with van der Waals surface area (Å²) in [6.07, 6.45) is 5.10. The van der Waals surface area contributed by atoms with Crippen molar-refractivity contribution in [1.82, 2.24) is 4.98 Å². The van der Waals surface area contributed by atoms with E-state index in [1.807, 2.05) is 17.4 Å². The Labute approximate surface area is 147 Å². The van der Waals surface area contributed by atoms with Crippen molar-refractivity contribution in [2.24, 2.45) is 0 Å². The maximum absolute atomic E-state index is 4.69. The lowest BCUT2D eigenvalue weighted by Crippen LogP contribution is -1.84. The molecule has 2 rings (SSSR count). The molecule has 0 saturated carbocycles. The monoisotopic (exact) mass is 353 g/mol. The number of rotatable bonds is 4. The summed E-state index contributed by atoms with van der Waals surface area (Å²) in [4.78, 5) is 4.69. The summed E-state index contributed by atoms with van der Waals surface area (Å²) in [7, 11) is 0. The first kappa shape index (κ1) is 24.3. The summed E-state index contributed by atoms with van der Waals surface area (Å²) < 4.78 is 1.30. The van der Waals surface area contributed by atoms with Crippen LogP contribution < -0.4 is 0 Å². The second-order valence-corrected chi connectivity index (χ2v) is 4.73. The molecule has 110 valence electrons. The van der Waals surface area contributed by atoms with E-state index in [0.29, 0.717) is 0 Å². The van der Waals surface area contributed by atoms with E-state index in [2.05, 4.69) is 31.7 Å². The van der Waals surface area contributed by atoms with Crippen LogP contribution in [0.2, 0.25) is 0 Å². The van der Waals surface area contributed by atoms with Crippen molar-refractivity contribution in [2.45, 2.75) is 26.2 Å². The van der Waals surface area contributed by atoms with Gasteiger partial charge in [-0.15, -0.1) is 17.9 Å². The molecule has 0 atom stereocenters. The summed E-state index contributed by atoms with van der Waals surface area (Å²) in [6.45, 7) is 5.97. The number of benzene rings is 1. The summed E-state index contributed by atoms with van der Waals surface area (Å²) in [6, 6.07) is 6.40. The largest absolute Gasteiger partial charge is 0.241 e. The highest BCUT2D eigenvalue weighted by Crippen LogP contribution is 2.26. The molecule has 1 nitrogen and oxygen atoms in total. The van der Waals surface area contributed by atoms with Crippen molar-refractivity contribution in [3.05, 3.63) is 41.4 Å². The normalized spacial score (nSPS) is 8.47. The van der Waals surface area contributed by atoms with Crippen LogP contribution in [0.25, 0.3) is 10.2 Å². The minimum absolute atomic E-state index is 0. The number of hydrogen-bond donors (Lipinski definition) is 0. The molecule has 6 heteroatoms. The fourth-order valence-electron chi connectivity index (χ4n) is 1.69. The molecule has 0 N–H and O–H groups in total. The van der Waals surface area contributed by atoms with Crippen LogP contribution in [0.1, 0.15) is 23.9 Å². The Morgan fingerprint density at radius 2 is 1.89 bits per heavy atom. The molecule has 0 saturated heterocycles. The van der Waals surface area contributed by atoms with E-state index >= 15 is 0 Å². The van der Waals surface area contributed by atoms with Crippen LogP contribution in [-0.2, 0) is 12.8 Å². The molecule has 0 fully saturated rings. The van der Waals surface area contributed by atoms with Gasteiger partial charge in [0.2, 0.25) is 0 Å². The molecule has 2 aromatic rings. The van der Waals surface area contributed by atoms with Crippen LogP contribution >= 0.6 is 65.3 Å². The van der Waals surface area contributed by atoms with Crippen LogP contribution in [-0.4, -0.2) is 4.98 Å². The number of allylic oxidation sites excluding steroid dienone is 1. The van der Waals surface area contributed by atoms with Crippen molar-refractivity contribution < 1.29 is 0 Å². The lowest BCUT2D eigenvalue weighted by Gasteiger charge is -1.96. The van der Waals surface area contributed by atoms with Crippen LogP contribution in [0.4, 0.5) is 0 Å². The van der Waals surface area contributed by atoms with Crippen LogP contribution in [0, 0.1) is 0 Å². The molecule has 0 amide bonds. The van der Waals surface area contributed by atoms with E-state index in [0.717, 1.165) is 19.3 Å². The minimum Gasteiger partial charge on any atom is -0.241 e. The molecule has 0 spiro atoms. The number of fused-ring (bicyclic) bond motifs is 1. The summed E-state index contributed by atoms with van der Waals surface area (Å²) in [5, 5.41) is 1.25. The Hall–Kier alpha value is 0.250. The van der Waals surface area contributed by atoms with Crippen molar-refractivity contribution >= 4 is 75.5 Å². The Balaban J connectivity index is -0.000000640. The van der Waals surface area contributed by atoms with Crippen molar-refractivity contribution in [3.8, 4) is 0 Å². The van der Waals surface area contributed by atoms with E-state index in [4.69, 9.17) is 4.98 Å². The molecule has 1 aromatic carbocycles. The Morgan fingerprint density at radius 1 is 1.21 bits per heavy atom. The highest BCUT2D eigenvalue weighted by molar-refractivity contribution is 7.59. The number of aromatic nitrogens is 1. The van der Waals surface area contributed by atoms with E-state index in [1.54, 1.807) is 0 Å². The average Bonchev–Trinajstić information content (AvgIpc) is 2.62. The van der Waals surface area contributed by atoms with Gasteiger partial charge in [0.15, 0.2) is 0 Å². The minimum atomic E-state index is 0. The number of para-hydroxylation sites is 1.